The Morgan fingerprint density at radius 2 is 1.81 bits per heavy atom. The van der Waals surface area contributed by atoms with Crippen LogP contribution in [0.4, 0.5) is 11.4 Å². The standard InChI is InChI=1S/C21H25N3O2/c1-14-17(20(25)23-16-8-3-2-4-9-16)10-6-12-19(14)24-21(26)18-11-5-7-15(18)13-22/h2-4,6,8-10,12,15,18H,5,7,11,13,22H2,1H3,(H,23,25)(H,24,26)/t15-,18-/m1/s1. The zero-order valence-electron chi connectivity index (χ0n) is 15.0. The second kappa shape index (κ2) is 8.15. The second-order valence-corrected chi connectivity index (χ2v) is 6.82. The maximum Gasteiger partial charge on any atom is 0.256 e. The molecular weight excluding hydrogens is 326 g/mol. The van der Waals surface area contributed by atoms with E-state index in [-0.39, 0.29) is 23.7 Å². The van der Waals surface area contributed by atoms with Crippen LogP contribution in [-0.4, -0.2) is 18.4 Å². The molecule has 2 aromatic rings. The maximum absolute atomic E-state index is 12.6. The smallest absolute Gasteiger partial charge is 0.256 e. The van der Waals surface area contributed by atoms with Crippen molar-refractivity contribution in [3.05, 3.63) is 59.7 Å². The van der Waals surface area contributed by atoms with Gasteiger partial charge in [0, 0.05) is 22.9 Å². The van der Waals surface area contributed by atoms with Gasteiger partial charge in [-0.1, -0.05) is 30.7 Å². The molecule has 1 fully saturated rings. The van der Waals surface area contributed by atoms with E-state index < -0.39 is 0 Å². The summed E-state index contributed by atoms with van der Waals surface area (Å²) in [7, 11) is 0. The Hall–Kier alpha value is -2.66. The molecule has 1 aliphatic carbocycles. The monoisotopic (exact) mass is 351 g/mol. The molecule has 0 saturated heterocycles. The second-order valence-electron chi connectivity index (χ2n) is 6.82. The Morgan fingerprint density at radius 1 is 1.04 bits per heavy atom. The quantitative estimate of drug-likeness (QED) is 0.770. The zero-order chi connectivity index (χ0) is 18.5. The maximum atomic E-state index is 12.6. The molecule has 1 aliphatic rings. The van der Waals surface area contributed by atoms with Gasteiger partial charge in [0.1, 0.15) is 0 Å². The van der Waals surface area contributed by atoms with Crippen LogP contribution in [0, 0.1) is 18.8 Å². The van der Waals surface area contributed by atoms with Crippen LogP contribution < -0.4 is 16.4 Å². The fourth-order valence-corrected chi connectivity index (χ4v) is 3.63. The van der Waals surface area contributed by atoms with Crippen LogP contribution in [0.3, 0.4) is 0 Å². The van der Waals surface area contributed by atoms with Crippen molar-refractivity contribution in [3.8, 4) is 0 Å². The number of para-hydroxylation sites is 1. The minimum atomic E-state index is -0.189. The molecule has 0 unspecified atom stereocenters. The van der Waals surface area contributed by atoms with E-state index in [9.17, 15) is 9.59 Å². The van der Waals surface area contributed by atoms with Gasteiger partial charge < -0.3 is 16.4 Å². The average Bonchev–Trinajstić information content (AvgIpc) is 3.13. The highest BCUT2D eigenvalue weighted by molar-refractivity contribution is 6.07. The number of carbonyl (C=O) groups excluding carboxylic acids is 2. The number of amides is 2. The molecule has 3 rings (SSSR count). The molecule has 0 spiro atoms. The van der Waals surface area contributed by atoms with Gasteiger partial charge in [0.15, 0.2) is 0 Å². The highest BCUT2D eigenvalue weighted by Crippen LogP contribution is 2.32. The van der Waals surface area contributed by atoms with Crippen LogP contribution in [0.5, 0.6) is 0 Å². The van der Waals surface area contributed by atoms with Gasteiger partial charge in [-0.05, 0) is 62.1 Å². The Bertz CT molecular complexity index is 789. The van der Waals surface area contributed by atoms with Gasteiger partial charge in [0.25, 0.3) is 5.91 Å². The first-order chi connectivity index (χ1) is 12.6. The zero-order valence-corrected chi connectivity index (χ0v) is 15.0. The Morgan fingerprint density at radius 3 is 2.54 bits per heavy atom. The molecule has 5 nitrogen and oxygen atoms in total. The lowest BCUT2D eigenvalue weighted by molar-refractivity contribution is -0.120. The van der Waals surface area contributed by atoms with Crippen LogP contribution in [0.25, 0.3) is 0 Å². The van der Waals surface area contributed by atoms with Crippen molar-refractivity contribution in [1.29, 1.82) is 0 Å². The molecule has 2 atom stereocenters. The van der Waals surface area contributed by atoms with E-state index in [1.54, 1.807) is 12.1 Å². The molecule has 2 aromatic carbocycles. The lowest BCUT2D eigenvalue weighted by atomic mass is 9.95. The molecule has 0 aliphatic heterocycles. The van der Waals surface area contributed by atoms with Gasteiger partial charge in [0.2, 0.25) is 5.91 Å². The SMILES string of the molecule is Cc1c(NC(=O)[C@@H]2CCC[C@@H]2CN)cccc1C(=O)Nc1ccccc1. The number of hydrogen-bond acceptors (Lipinski definition) is 3. The van der Waals surface area contributed by atoms with Gasteiger partial charge >= 0.3 is 0 Å². The minimum absolute atomic E-state index is 0.00154. The molecule has 4 N–H and O–H groups in total. The molecule has 0 aromatic heterocycles. The number of nitrogens with two attached hydrogens (primary N) is 1. The lowest BCUT2D eigenvalue weighted by Gasteiger charge is -2.19. The first-order valence-electron chi connectivity index (χ1n) is 9.07. The fourth-order valence-electron chi connectivity index (χ4n) is 3.63. The molecule has 26 heavy (non-hydrogen) atoms. The molecule has 136 valence electrons. The van der Waals surface area contributed by atoms with E-state index in [0.717, 1.165) is 30.5 Å². The summed E-state index contributed by atoms with van der Waals surface area (Å²) in [4.78, 5) is 25.2. The Kier molecular flexibility index (Phi) is 5.68. The van der Waals surface area contributed by atoms with E-state index in [0.29, 0.717) is 17.8 Å². The van der Waals surface area contributed by atoms with E-state index >= 15 is 0 Å². The predicted octanol–water partition coefficient (Wildman–Crippen LogP) is 3.56. The number of hydrogen-bond donors (Lipinski definition) is 3. The molecule has 0 heterocycles. The number of rotatable bonds is 5. The third-order valence-corrected chi connectivity index (χ3v) is 5.17. The van der Waals surface area contributed by atoms with Crippen LogP contribution in [0.1, 0.15) is 35.2 Å². The van der Waals surface area contributed by atoms with Crippen molar-refractivity contribution in [1.82, 2.24) is 0 Å². The van der Waals surface area contributed by atoms with Crippen molar-refractivity contribution < 1.29 is 9.59 Å². The van der Waals surface area contributed by atoms with Crippen molar-refractivity contribution in [2.45, 2.75) is 26.2 Å². The van der Waals surface area contributed by atoms with Gasteiger partial charge in [-0.15, -0.1) is 0 Å². The molecule has 2 amide bonds. The van der Waals surface area contributed by atoms with E-state index in [1.165, 1.54) is 0 Å². The molecule has 1 saturated carbocycles. The normalized spacial score (nSPS) is 19.2. The van der Waals surface area contributed by atoms with Crippen molar-refractivity contribution >= 4 is 23.2 Å². The fraction of sp³-hybridized carbons (Fsp3) is 0.333. The summed E-state index contributed by atoms with van der Waals surface area (Å²) in [5.74, 6) is 0.0215. The summed E-state index contributed by atoms with van der Waals surface area (Å²) in [5, 5.41) is 5.88. The summed E-state index contributed by atoms with van der Waals surface area (Å²) in [6, 6.07) is 14.7. The molecular formula is C21H25N3O2. The number of benzene rings is 2. The van der Waals surface area contributed by atoms with Crippen LogP contribution in [-0.2, 0) is 4.79 Å². The highest BCUT2D eigenvalue weighted by atomic mass is 16.2. The van der Waals surface area contributed by atoms with Crippen molar-refractivity contribution in [2.24, 2.45) is 17.6 Å². The number of anilines is 2. The van der Waals surface area contributed by atoms with E-state index in [1.807, 2.05) is 43.3 Å². The van der Waals surface area contributed by atoms with Gasteiger partial charge in [0.05, 0.1) is 0 Å². The average molecular weight is 351 g/mol. The van der Waals surface area contributed by atoms with Crippen molar-refractivity contribution in [2.75, 3.05) is 17.2 Å². The predicted molar refractivity (Wildman–Crippen MR) is 104 cm³/mol. The van der Waals surface area contributed by atoms with E-state index in [2.05, 4.69) is 10.6 Å². The third kappa shape index (κ3) is 3.94. The van der Waals surface area contributed by atoms with Crippen molar-refractivity contribution in [3.63, 3.8) is 0 Å². The Balaban J connectivity index is 1.74. The molecule has 5 heteroatoms. The van der Waals surface area contributed by atoms with E-state index in [4.69, 9.17) is 5.73 Å². The van der Waals surface area contributed by atoms with Crippen LogP contribution in [0.15, 0.2) is 48.5 Å². The summed E-state index contributed by atoms with van der Waals surface area (Å²) in [6.07, 6.45) is 2.92. The topological polar surface area (TPSA) is 84.2 Å². The number of nitrogens with one attached hydrogen (secondary N) is 2. The summed E-state index contributed by atoms with van der Waals surface area (Å²) >= 11 is 0. The van der Waals surface area contributed by atoms with Gasteiger partial charge in [-0.3, -0.25) is 9.59 Å². The lowest BCUT2D eigenvalue weighted by Crippen LogP contribution is -2.30. The Labute approximate surface area is 154 Å². The first kappa shape index (κ1) is 18.1. The summed E-state index contributed by atoms with van der Waals surface area (Å²) in [5.41, 5.74) is 8.52. The van der Waals surface area contributed by atoms with Crippen LogP contribution >= 0.6 is 0 Å². The highest BCUT2D eigenvalue weighted by Gasteiger charge is 2.32. The van der Waals surface area contributed by atoms with Gasteiger partial charge in [-0.2, -0.15) is 0 Å². The molecule has 0 bridgehead atoms. The molecule has 0 radical (unpaired) electrons. The number of carbonyl (C=O) groups is 2. The van der Waals surface area contributed by atoms with Crippen LogP contribution in [0.2, 0.25) is 0 Å². The minimum Gasteiger partial charge on any atom is -0.330 e. The first-order valence-corrected chi connectivity index (χ1v) is 9.07. The third-order valence-electron chi connectivity index (χ3n) is 5.17. The summed E-state index contributed by atoms with van der Waals surface area (Å²) in [6.45, 7) is 2.39. The largest absolute Gasteiger partial charge is 0.330 e. The van der Waals surface area contributed by atoms with Gasteiger partial charge in [-0.25, -0.2) is 0 Å². The summed E-state index contributed by atoms with van der Waals surface area (Å²) < 4.78 is 0.